The molecule has 28 heavy (non-hydrogen) atoms. The van der Waals surface area contributed by atoms with Crippen LogP contribution in [0.5, 0.6) is 17.2 Å². The van der Waals surface area contributed by atoms with E-state index in [2.05, 4.69) is 15.5 Å². The van der Waals surface area contributed by atoms with E-state index in [1.54, 1.807) is 12.1 Å². The summed E-state index contributed by atoms with van der Waals surface area (Å²) in [6.45, 7) is 5.72. The average Bonchev–Trinajstić information content (AvgIpc) is 3.05. The highest BCUT2D eigenvalue weighted by Gasteiger charge is 2.42. The molecule has 2 aliphatic heterocycles. The van der Waals surface area contributed by atoms with Gasteiger partial charge in [-0.25, -0.2) is 4.99 Å². The number of carbonyl (C=O) groups is 1. The number of nitrogens with zero attached hydrogens (tertiary/aromatic N) is 2. The highest BCUT2D eigenvalue weighted by molar-refractivity contribution is 5.81. The monoisotopic (exact) mass is 390 g/mol. The highest BCUT2D eigenvalue weighted by Crippen LogP contribution is 2.38. The maximum absolute atomic E-state index is 11.8. The lowest BCUT2D eigenvalue weighted by atomic mass is 9.79. The Morgan fingerprint density at radius 1 is 1.36 bits per heavy atom. The number of phenolic OH excluding ortho intramolecular Hbond substituents is 1. The number of aliphatic imine (C=N–C) groups is 1. The molecule has 1 spiro atoms. The predicted molar refractivity (Wildman–Crippen MR) is 107 cm³/mol. The Bertz CT molecular complexity index is 727. The molecule has 0 aromatic heterocycles. The predicted octanol–water partition coefficient (Wildman–Crippen LogP) is 1.48. The van der Waals surface area contributed by atoms with Gasteiger partial charge >= 0.3 is 0 Å². The molecule has 8 nitrogen and oxygen atoms in total. The van der Waals surface area contributed by atoms with Gasteiger partial charge < -0.3 is 30.1 Å². The van der Waals surface area contributed by atoms with Crippen molar-refractivity contribution in [1.29, 1.82) is 0 Å². The first-order chi connectivity index (χ1) is 13.5. The van der Waals surface area contributed by atoms with Gasteiger partial charge in [-0.05, 0) is 37.5 Å². The summed E-state index contributed by atoms with van der Waals surface area (Å²) in [6.07, 6.45) is 2.70. The summed E-state index contributed by atoms with van der Waals surface area (Å²) < 4.78 is 10.5. The van der Waals surface area contributed by atoms with Gasteiger partial charge in [0.25, 0.3) is 0 Å². The Morgan fingerprint density at radius 3 is 2.64 bits per heavy atom. The Kier molecular flexibility index (Phi) is 6.16. The van der Waals surface area contributed by atoms with E-state index < -0.39 is 0 Å². The van der Waals surface area contributed by atoms with Gasteiger partial charge in [0.1, 0.15) is 0 Å². The molecule has 1 aromatic carbocycles. The van der Waals surface area contributed by atoms with Crippen LogP contribution in [0.4, 0.5) is 0 Å². The van der Waals surface area contributed by atoms with Gasteiger partial charge in [-0.1, -0.05) is 0 Å². The van der Waals surface area contributed by atoms with E-state index in [4.69, 9.17) is 14.5 Å². The third-order valence-electron chi connectivity index (χ3n) is 5.44. The minimum Gasteiger partial charge on any atom is -0.502 e. The number of rotatable bonds is 5. The van der Waals surface area contributed by atoms with E-state index in [9.17, 15) is 9.90 Å². The summed E-state index contributed by atoms with van der Waals surface area (Å²) in [6, 6.07) is 3.53. The number of carbonyl (C=O) groups excluding carboxylic acids is 1. The zero-order valence-corrected chi connectivity index (χ0v) is 16.9. The summed E-state index contributed by atoms with van der Waals surface area (Å²) in [5.74, 6) is 1.70. The third kappa shape index (κ3) is 4.26. The van der Waals surface area contributed by atoms with Gasteiger partial charge in [0.15, 0.2) is 17.5 Å². The van der Waals surface area contributed by atoms with Crippen LogP contribution < -0.4 is 20.1 Å². The van der Waals surface area contributed by atoms with E-state index in [0.717, 1.165) is 50.5 Å². The molecule has 0 bridgehead atoms. The molecule has 3 rings (SSSR count). The Morgan fingerprint density at radius 2 is 2.07 bits per heavy atom. The van der Waals surface area contributed by atoms with Crippen molar-refractivity contribution >= 4 is 11.9 Å². The lowest BCUT2D eigenvalue weighted by molar-refractivity contribution is -0.119. The summed E-state index contributed by atoms with van der Waals surface area (Å²) in [4.78, 5) is 18.8. The molecular formula is C20H30N4O4. The van der Waals surface area contributed by atoms with Crippen molar-refractivity contribution < 1.29 is 19.4 Å². The summed E-state index contributed by atoms with van der Waals surface area (Å²) in [5.41, 5.74) is 0.891. The molecule has 8 heteroatoms. The topological polar surface area (TPSA) is 95.4 Å². The minimum absolute atomic E-state index is 0.0104. The molecule has 154 valence electrons. The van der Waals surface area contributed by atoms with Crippen LogP contribution in [-0.4, -0.2) is 62.3 Å². The molecular weight excluding hydrogens is 360 g/mol. The number of amides is 1. The Labute approximate surface area is 165 Å². The lowest BCUT2D eigenvalue weighted by Crippen LogP contribution is -2.51. The first-order valence-electron chi connectivity index (χ1n) is 9.74. The largest absolute Gasteiger partial charge is 0.502 e. The summed E-state index contributed by atoms with van der Waals surface area (Å²) in [7, 11) is 3.02. The number of phenols is 1. The number of benzene rings is 1. The van der Waals surface area contributed by atoms with Crippen LogP contribution in [0, 0.1) is 5.41 Å². The van der Waals surface area contributed by atoms with Crippen LogP contribution in [-0.2, 0) is 11.3 Å². The molecule has 2 fully saturated rings. The van der Waals surface area contributed by atoms with E-state index in [1.165, 1.54) is 14.2 Å². The van der Waals surface area contributed by atoms with E-state index in [1.807, 2.05) is 6.92 Å². The van der Waals surface area contributed by atoms with Crippen LogP contribution in [0.1, 0.15) is 31.7 Å². The van der Waals surface area contributed by atoms with Crippen molar-refractivity contribution in [3.05, 3.63) is 17.7 Å². The fraction of sp³-hybridized carbons (Fsp3) is 0.600. The zero-order valence-electron chi connectivity index (χ0n) is 16.9. The number of hydrogen-bond acceptors (Lipinski definition) is 5. The van der Waals surface area contributed by atoms with E-state index in [-0.39, 0.29) is 17.1 Å². The number of piperidine rings is 1. The van der Waals surface area contributed by atoms with Gasteiger partial charge in [0, 0.05) is 38.0 Å². The normalized spacial score (nSPS) is 22.3. The SMILES string of the molecule is CCNC(=NCc1cc(OC)c(O)c(OC)c1)N1CCCC2(CNC(=O)C2)C1. The number of methoxy groups -OCH3 is 2. The number of nitrogens with one attached hydrogen (secondary N) is 2. The van der Waals surface area contributed by atoms with Crippen molar-refractivity contribution in [2.75, 3.05) is 40.4 Å². The first kappa shape index (κ1) is 20.1. The fourth-order valence-corrected chi connectivity index (χ4v) is 4.06. The Balaban J connectivity index is 1.78. The van der Waals surface area contributed by atoms with Crippen molar-refractivity contribution in [3.63, 3.8) is 0 Å². The van der Waals surface area contributed by atoms with Gasteiger partial charge in [-0.15, -0.1) is 0 Å². The number of aromatic hydroxyl groups is 1. The second-order valence-electron chi connectivity index (χ2n) is 7.50. The first-order valence-corrected chi connectivity index (χ1v) is 9.74. The number of hydrogen-bond donors (Lipinski definition) is 3. The van der Waals surface area contributed by atoms with Crippen LogP contribution in [0.3, 0.4) is 0 Å². The molecule has 1 unspecified atom stereocenters. The molecule has 1 amide bonds. The molecule has 1 atom stereocenters. The van der Waals surface area contributed by atoms with Gasteiger partial charge in [0.2, 0.25) is 11.7 Å². The van der Waals surface area contributed by atoms with Crippen molar-refractivity contribution in [2.24, 2.45) is 10.4 Å². The smallest absolute Gasteiger partial charge is 0.220 e. The standard InChI is InChI=1S/C20H30N4O4/c1-4-21-19(24-7-5-6-20(13-24)10-17(25)23-12-20)22-11-14-8-15(27-2)18(26)16(9-14)28-3/h8-9,26H,4-7,10-13H2,1-3H3,(H,21,22)(H,23,25). The van der Waals surface area contributed by atoms with Gasteiger partial charge in [0.05, 0.1) is 20.8 Å². The van der Waals surface area contributed by atoms with Crippen LogP contribution >= 0.6 is 0 Å². The molecule has 1 aromatic rings. The number of likely N-dealkylation sites (tertiary alicyclic amines) is 1. The zero-order chi connectivity index (χ0) is 20.1. The molecule has 0 saturated carbocycles. The molecule has 2 heterocycles. The molecule has 0 radical (unpaired) electrons. The van der Waals surface area contributed by atoms with Gasteiger partial charge in [-0.2, -0.15) is 0 Å². The van der Waals surface area contributed by atoms with Crippen molar-refractivity contribution in [1.82, 2.24) is 15.5 Å². The number of ether oxygens (including phenoxy) is 2. The lowest BCUT2D eigenvalue weighted by Gasteiger charge is -2.40. The second-order valence-corrected chi connectivity index (χ2v) is 7.50. The fourth-order valence-electron chi connectivity index (χ4n) is 4.06. The Hall–Kier alpha value is -2.64. The highest BCUT2D eigenvalue weighted by atomic mass is 16.5. The van der Waals surface area contributed by atoms with E-state index in [0.29, 0.717) is 24.5 Å². The van der Waals surface area contributed by atoms with Crippen LogP contribution in [0.25, 0.3) is 0 Å². The van der Waals surface area contributed by atoms with Crippen molar-refractivity contribution in [2.45, 2.75) is 32.7 Å². The molecule has 2 saturated heterocycles. The quantitative estimate of drug-likeness (QED) is 0.521. The summed E-state index contributed by atoms with van der Waals surface area (Å²) in [5, 5.41) is 16.4. The second kappa shape index (κ2) is 8.58. The average molecular weight is 390 g/mol. The van der Waals surface area contributed by atoms with Crippen molar-refractivity contribution in [3.8, 4) is 17.2 Å². The minimum atomic E-state index is -0.0130. The molecule has 0 aliphatic carbocycles. The van der Waals surface area contributed by atoms with Crippen LogP contribution in [0.2, 0.25) is 0 Å². The molecule has 3 N–H and O–H groups in total. The maximum Gasteiger partial charge on any atom is 0.220 e. The van der Waals surface area contributed by atoms with Gasteiger partial charge in [-0.3, -0.25) is 4.79 Å². The summed E-state index contributed by atoms with van der Waals surface area (Å²) >= 11 is 0. The number of guanidine groups is 1. The molecule has 2 aliphatic rings. The third-order valence-corrected chi connectivity index (χ3v) is 5.44. The maximum atomic E-state index is 11.8. The van der Waals surface area contributed by atoms with E-state index >= 15 is 0 Å². The van der Waals surface area contributed by atoms with Crippen LogP contribution in [0.15, 0.2) is 17.1 Å².